The number of anilines is 3. The van der Waals surface area contributed by atoms with E-state index in [1.54, 1.807) is 12.1 Å². The number of urea groups is 1. The molecule has 0 radical (unpaired) electrons. The molecule has 2 N–H and O–H groups in total. The Hall–Kier alpha value is -2.54. The second-order valence-corrected chi connectivity index (χ2v) is 10.2. The number of amides is 2. The summed E-state index contributed by atoms with van der Waals surface area (Å²) in [6.07, 6.45) is 0.615. The standard InChI is InChI=1S/C21H27N3O3S/c1-15-6-11-18(24-12-5-13-28(24,26)27)14-19(15)23-20(25)22-17-9-7-16(8-10-17)21(2,3)4/h6-11,14H,5,12-13H2,1-4H3,(H2,22,23,25). The van der Waals surface area contributed by atoms with Crippen LogP contribution in [0.3, 0.4) is 0 Å². The van der Waals surface area contributed by atoms with Gasteiger partial charge in [-0.15, -0.1) is 0 Å². The average Bonchev–Trinajstić information content (AvgIpc) is 2.96. The van der Waals surface area contributed by atoms with Gasteiger partial charge in [-0.1, -0.05) is 39.0 Å². The first-order chi connectivity index (χ1) is 13.1. The summed E-state index contributed by atoms with van der Waals surface area (Å²) in [5.74, 6) is 0.161. The Morgan fingerprint density at radius 1 is 1.04 bits per heavy atom. The summed E-state index contributed by atoms with van der Waals surface area (Å²) in [4.78, 5) is 12.4. The molecule has 2 aromatic carbocycles. The summed E-state index contributed by atoms with van der Waals surface area (Å²) < 4.78 is 25.7. The summed E-state index contributed by atoms with van der Waals surface area (Å²) in [7, 11) is -3.26. The molecule has 1 aliphatic heterocycles. The lowest BCUT2D eigenvalue weighted by Gasteiger charge is -2.20. The molecule has 6 nitrogen and oxygen atoms in total. The topological polar surface area (TPSA) is 78.5 Å². The Morgan fingerprint density at radius 2 is 1.71 bits per heavy atom. The Morgan fingerprint density at radius 3 is 2.29 bits per heavy atom. The molecular weight excluding hydrogens is 374 g/mol. The molecule has 2 aromatic rings. The van der Waals surface area contributed by atoms with Gasteiger partial charge in [0.2, 0.25) is 10.0 Å². The van der Waals surface area contributed by atoms with E-state index in [4.69, 9.17) is 0 Å². The van der Waals surface area contributed by atoms with Crippen molar-refractivity contribution in [1.29, 1.82) is 0 Å². The highest BCUT2D eigenvalue weighted by Gasteiger charge is 2.28. The van der Waals surface area contributed by atoms with Crippen LogP contribution in [-0.2, 0) is 15.4 Å². The molecule has 0 bridgehead atoms. The Balaban J connectivity index is 1.73. The van der Waals surface area contributed by atoms with Gasteiger partial charge in [-0.05, 0) is 54.2 Å². The van der Waals surface area contributed by atoms with Crippen molar-refractivity contribution in [3.05, 3.63) is 53.6 Å². The van der Waals surface area contributed by atoms with Gasteiger partial charge in [0.25, 0.3) is 0 Å². The minimum absolute atomic E-state index is 0.0499. The average molecular weight is 402 g/mol. The third-order valence-electron chi connectivity index (χ3n) is 4.87. The normalized spacial score (nSPS) is 16.1. The van der Waals surface area contributed by atoms with Gasteiger partial charge < -0.3 is 10.6 Å². The van der Waals surface area contributed by atoms with Crippen molar-refractivity contribution in [2.24, 2.45) is 0 Å². The van der Waals surface area contributed by atoms with Crippen LogP contribution < -0.4 is 14.9 Å². The van der Waals surface area contributed by atoms with Crippen molar-refractivity contribution in [2.45, 2.75) is 39.5 Å². The van der Waals surface area contributed by atoms with Crippen molar-refractivity contribution < 1.29 is 13.2 Å². The monoisotopic (exact) mass is 401 g/mol. The maximum atomic E-state index is 12.4. The van der Waals surface area contributed by atoms with Gasteiger partial charge in [-0.25, -0.2) is 13.2 Å². The van der Waals surface area contributed by atoms with E-state index >= 15 is 0 Å². The van der Waals surface area contributed by atoms with Crippen LogP contribution in [-0.4, -0.2) is 26.7 Å². The van der Waals surface area contributed by atoms with E-state index in [1.807, 2.05) is 37.3 Å². The second kappa shape index (κ2) is 7.47. The van der Waals surface area contributed by atoms with E-state index < -0.39 is 10.0 Å². The number of aryl methyl sites for hydroxylation is 1. The molecule has 1 saturated heterocycles. The molecule has 150 valence electrons. The zero-order chi connectivity index (χ0) is 20.5. The van der Waals surface area contributed by atoms with Crippen molar-refractivity contribution in [2.75, 3.05) is 27.2 Å². The van der Waals surface area contributed by atoms with Crippen molar-refractivity contribution in [1.82, 2.24) is 0 Å². The Bertz CT molecular complexity index is 977. The molecule has 1 aliphatic rings. The van der Waals surface area contributed by atoms with Crippen molar-refractivity contribution in [3.63, 3.8) is 0 Å². The fourth-order valence-corrected chi connectivity index (χ4v) is 4.72. The van der Waals surface area contributed by atoms with Crippen molar-refractivity contribution >= 4 is 33.1 Å². The van der Waals surface area contributed by atoms with E-state index in [9.17, 15) is 13.2 Å². The number of carbonyl (C=O) groups is 1. The first-order valence-corrected chi connectivity index (χ1v) is 11.0. The fraction of sp³-hybridized carbons (Fsp3) is 0.381. The molecule has 0 spiro atoms. The minimum Gasteiger partial charge on any atom is -0.308 e. The number of nitrogens with one attached hydrogen (secondary N) is 2. The fourth-order valence-electron chi connectivity index (χ4n) is 3.17. The van der Waals surface area contributed by atoms with Gasteiger partial charge in [0.15, 0.2) is 0 Å². The number of nitrogens with zero attached hydrogens (tertiary/aromatic N) is 1. The van der Waals surface area contributed by atoms with Gasteiger partial charge in [-0.2, -0.15) is 0 Å². The predicted octanol–water partition coefficient (Wildman–Crippen LogP) is 4.48. The highest BCUT2D eigenvalue weighted by atomic mass is 32.2. The molecular formula is C21H27N3O3S. The second-order valence-electron chi connectivity index (χ2n) is 8.15. The Kier molecular flexibility index (Phi) is 5.39. The first kappa shape index (κ1) is 20.2. The first-order valence-electron chi connectivity index (χ1n) is 9.36. The summed E-state index contributed by atoms with van der Waals surface area (Å²) >= 11 is 0. The molecule has 7 heteroatoms. The van der Waals surface area contributed by atoms with Crippen LogP contribution in [0.4, 0.5) is 21.9 Å². The maximum Gasteiger partial charge on any atom is 0.323 e. The van der Waals surface area contributed by atoms with Crippen LogP contribution >= 0.6 is 0 Å². The van der Waals surface area contributed by atoms with E-state index in [-0.39, 0.29) is 17.2 Å². The molecule has 0 unspecified atom stereocenters. The molecule has 1 heterocycles. The van der Waals surface area contributed by atoms with Gasteiger partial charge in [0.1, 0.15) is 0 Å². The van der Waals surface area contributed by atoms with Crippen LogP contribution in [0.25, 0.3) is 0 Å². The number of hydrogen-bond acceptors (Lipinski definition) is 3. The highest BCUT2D eigenvalue weighted by Crippen LogP contribution is 2.29. The minimum atomic E-state index is -3.26. The number of rotatable bonds is 3. The molecule has 0 aromatic heterocycles. The number of benzene rings is 2. The number of carbonyl (C=O) groups excluding carboxylic acids is 1. The summed E-state index contributed by atoms with van der Waals surface area (Å²) in [6.45, 7) is 8.75. The largest absolute Gasteiger partial charge is 0.323 e. The van der Waals surface area contributed by atoms with Crippen LogP contribution in [0.5, 0.6) is 0 Å². The van der Waals surface area contributed by atoms with E-state index in [0.29, 0.717) is 30.0 Å². The SMILES string of the molecule is Cc1ccc(N2CCCS2(=O)=O)cc1NC(=O)Nc1ccc(C(C)(C)C)cc1. The van der Waals surface area contributed by atoms with Crippen LogP contribution in [0.15, 0.2) is 42.5 Å². The molecule has 0 aliphatic carbocycles. The zero-order valence-corrected chi connectivity index (χ0v) is 17.6. The smallest absolute Gasteiger partial charge is 0.308 e. The van der Waals surface area contributed by atoms with E-state index in [1.165, 1.54) is 9.87 Å². The third kappa shape index (κ3) is 4.47. The third-order valence-corrected chi connectivity index (χ3v) is 6.73. The lowest BCUT2D eigenvalue weighted by molar-refractivity contribution is 0.262. The molecule has 3 rings (SSSR count). The van der Waals surface area contributed by atoms with Crippen LogP contribution in [0, 0.1) is 6.92 Å². The van der Waals surface area contributed by atoms with Crippen LogP contribution in [0.1, 0.15) is 38.3 Å². The van der Waals surface area contributed by atoms with Gasteiger partial charge in [0, 0.05) is 17.9 Å². The number of sulfonamides is 1. The summed E-state index contributed by atoms with van der Waals surface area (Å²) in [5, 5.41) is 5.64. The molecule has 2 amide bonds. The molecule has 28 heavy (non-hydrogen) atoms. The number of hydrogen-bond donors (Lipinski definition) is 2. The van der Waals surface area contributed by atoms with Gasteiger partial charge in [0.05, 0.1) is 11.4 Å². The summed E-state index contributed by atoms with van der Waals surface area (Å²) in [6, 6.07) is 12.7. The maximum absolute atomic E-state index is 12.4. The van der Waals surface area contributed by atoms with Gasteiger partial charge >= 0.3 is 6.03 Å². The lowest BCUT2D eigenvalue weighted by atomic mass is 9.87. The van der Waals surface area contributed by atoms with Crippen molar-refractivity contribution in [3.8, 4) is 0 Å². The van der Waals surface area contributed by atoms with E-state index in [2.05, 4.69) is 31.4 Å². The summed E-state index contributed by atoms with van der Waals surface area (Å²) in [5.41, 5.74) is 3.96. The lowest BCUT2D eigenvalue weighted by Crippen LogP contribution is -2.25. The molecule has 0 atom stereocenters. The van der Waals surface area contributed by atoms with Crippen LogP contribution in [0.2, 0.25) is 0 Å². The predicted molar refractivity (Wildman–Crippen MR) is 115 cm³/mol. The highest BCUT2D eigenvalue weighted by molar-refractivity contribution is 7.93. The molecule has 0 saturated carbocycles. The van der Waals surface area contributed by atoms with Gasteiger partial charge in [-0.3, -0.25) is 4.31 Å². The quantitative estimate of drug-likeness (QED) is 0.796. The Labute approximate surface area is 167 Å². The van der Waals surface area contributed by atoms with E-state index in [0.717, 1.165) is 5.56 Å². The molecule has 1 fully saturated rings. The zero-order valence-electron chi connectivity index (χ0n) is 16.7.